The molecule has 0 saturated heterocycles. The number of aromatic nitrogens is 2. The van der Waals surface area contributed by atoms with Crippen molar-refractivity contribution >= 4 is 34.8 Å². The van der Waals surface area contributed by atoms with Gasteiger partial charge in [-0.15, -0.1) is 0 Å². The summed E-state index contributed by atoms with van der Waals surface area (Å²) in [7, 11) is 0. The predicted octanol–water partition coefficient (Wildman–Crippen LogP) is 2.62. The predicted molar refractivity (Wildman–Crippen MR) is 90.0 cm³/mol. The van der Waals surface area contributed by atoms with Crippen molar-refractivity contribution in [2.24, 2.45) is 0 Å². The van der Waals surface area contributed by atoms with Gasteiger partial charge in [0.1, 0.15) is 6.33 Å². The van der Waals surface area contributed by atoms with E-state index < -0.39 is 10.8 Å². The molecule has 0 atom stereocenters. The van der Waals surface area contributed by atoms with Crippen molar-refractivity contribution in [3.63, 3.8) is 0 Å². The van der Waals surface area contributed by atoms with Gasteiger partial charge in [-0.2, -0.15) is 0 Å². The van der Waals surface area contributed by atoms with Crippen molar-refractivity contribution < 1.29 is 9.72 Å². The van der Waals surface area contributed by atoms with Crippen LogP contribution in [0.15, 0.2) is 30.6 Å². The lowest BCUT2D eigenvalue weighted by molar-refractivity contribution is -0.383. The maximum atomic E-state index is 12.0. The highest BCUT2D eigenvalue weighted by Crippen LogP contribution is 2.28. The summed E-state index contributed by atoms with van der Waals surface area (Å²) in [6.45, 7) is 2.44. The molecule has 1 aromatic heterocycles. The van der Waals surface area contributed by atoms with Gasteiger partial charge in [-0.1, -0.05) is 18.5 Å². The lowest BCUT2D eigenvalue weighted by Gasteiger charge is -2.10. The van der Waals surface area contributed by atoms with E-state index in [0.717, 1.165) is 6.42 Å². The fraction of sp³-hybridized carbons (Fsp3) is 0.214. The monoisotopic (exact) mass is 350 g/mol. The molecule has 0 bridgehead atoms. The first-order valence-corrected chi connectivity index (χ1v) is 7.46. The lowest BCUT2D eigenvalue weighted by Crippen LogP contribution is -2.30. The molecule has 1 heterocycles. The highest BCUT2D eigenvalue weighted by atomic mass is 35.5. The van der Waals surface area contributed by atoms with Crippen molar-refractivity contribution in [2.45, 2.75) is 13.3 Å². The molecular weight excluding hydrogens is 336 g/mol. The average molecular weight is 351 g/mol. The number of hydrogen-bond acceptors (Lipinski definition) is 7. The Balaban J connectivity index is 2.15. The van der Waals surface area contributed by atoms with Gasteiger partial charge in [-0.25, -0.2) is 9.97 Å². The molecule has 0 unspecified atom stereocenters. The fourth-order valence-electron chi connectivity index (χ4n) is 1.81. The maximum absolute atomic E-state index is 12.0. The van der Waals surface area contributed by atoms with Crippen LogP contribution in [0.1, 0.15) is 23.7 Å². The number of nitro groups is 1. The Morgan fingerprint density at radius 1 is 1.25 bits per heavy atom. The molecule has 0 spiro atoms. The van der Waals surface area contributed by atoms with Gasteiger partial charge < -0.3 is 5.32 Å². The summed E-state index contributed by atoms with van der Waals surface area (Å²) >= 11 is 5.76. The molecule has 1 aromatic carbocycles. The van der Waals surface area contributed by atoms with E-state index >= 15 is 0 Å². The smallest absolute Gasteiger partial charge is 0.354 e. The van der Waals surface area contributed by atoms with Crippen LogP contribution in [0.4, 0.5) is 17.3 Å². The average Bonchev–Trinajstić information content (AvgIpc) is 2.58. The number of anilines is 2. The van der Waals surface area contributed by atoms with Gasteiger partial charge >= 0.3 is 5.69 Å². The van der Waals surface area contributed by atoms with E-state index in [1.807, 2.05) is 6.92 Å². The Hall–Kier alpha value is -2.94. The summed E-state index contributed by atoms with van der Waals surface area (Å²) in [5.41, 5.74) is 4.81. The minimum atomic E-state index is -0.616. The van der Waals surface area contributed by atoms with Gasteiger partial charge in [0.25, 0.3) is 5.91 Å². The number of hydrogen-bond donors (Lipinski definition) is 3. The molecule has 24 heavy (non-hydrogen) atoms. The first-order chi connectivity index (χ1) is 11.5. The quantitative estimate of drug-likeness (QED) is 0.518. The van der Waals surface area contributed by atoms with E-state index in [1.165, 1.54) is 18.5 Å². The Bertz CT molecular complexity index is 738. The molecule has 2 aromatic rings. The second-order valence-corrected chi connectivity index (χ2v) is 5.13. The van der Waals surface area contributed by atoms with Crippen LogP contribution in [-0.4, -0.2) is 27.3 Å². The molecule has 126 valence electrons. The first kappa shape index (κ1) is 17.4. The highest BCUT2D eigenvalue weighted by Gasteiger charge is 2.23. The Kier molecular flexibility index (Phi) is 5.85. The van der Waals surface area contributed by atoms with Crippen molar-refractivity contribution in [1.82, 2.24) is 15.4 Å². The summed E-state index contributed by atoms with van der Waals surface area (Å²) in [6, 6.07) is 6.19. The molecule has 3 N–H and O–H groups in total. The van der Waals surface area contributed by atoms with Crippen molar-refractivity contribution in [2.75, 3.05) is 17.3 Å². The number of benzene rings is 1. The van der Waals surface area contributed by atoms with E-state index in [4.69, 9.17) is 11.6 Å². The lowest BCUT2D eigenvalue weighted by atomic mass is 10.2. The van der Waals surface area contributed by atoms with Crippen LogP contribution in [-0.2, 0) is 0 Å². The molecule has 10 heteroatoms. The molecule has 1 amide bonds. The third kappa shape index (κ3) is 4.29. The molecule has 0 radical (unpaired) electrons. The molecule has 9 nitrogen and oxygen atoms in total. The highest BCUT2D eigenvalue weighted by molar-refractivity contribution is 6.30. The van der Waals surface area contributed by atoms with E-state index in [1.54, 1.807) is 12.1 Å². The molecule has 0 aliphatic rings. The van der Waals surface area contributed by atoms with Crippen LogP contribution < -0.4 is 16.2 Å². The number of nitrogens with zero attached hydrogens (tertiary/aromatic N) is 3. The molecular formula is C14H15ClN6O3. The Morgan fingerprint density at radius 3 is 2.54 bits per heavy atom. The van der Waals surface area contributed by atoms with Crippen LogP contribution in [0.5, 0.6) is 0 Å². The molecule has 0 aliphatic carbocycles. The minimum Gasteiger partial charge on any atom is -0.364 e. The number of rotatable bonds is 7. The maximum Gasteiger partial charge on any atom is 0.354 e. The van der Waals surface area contributed by atoms with Crippen LogP contribution in [0, 0.1) is 10.1 Å². The van der Waals surface area contributed by atoms with Crippen LogP contribution in [0.25, 0.3) is 0 Å². The van der Waals surface area contributed by atoms with Gasteiger partial charge in [0.15, 0.2) is 0 Å². The van der Waals surface area contributed by atoms with E-state index in [0.29, 0.717) is 17.1 Å². The summed E-state index contributed by atoms with van der Waals surface area (Å²) in [5, 5.41) is 14.6. The zero-order valence-corrected chi connectivity index (χ0v) is 13.5. The van der Waals surface area contributed by atoms with E-state index in [-0.39, 0.29) is 17.3 Å². The van der Waals surface area contributed by atoms with Gasteiger partial charge in [0, 0.05) is 17.1 Å². The third-order valence-corrected chi connectivity index (χ3v) is 3.20. The summed E-state index contributed by atoms with van der Waals surface area (Å²) < 4.78 is 0. The third-order valence-electron chi connectivity index (χ3n) is 2.95. The number of carbonyl (C=O) groups excluding carboxylic acids is 1. The van der Waals surface area contributed by atoms with Gasteiger partial charge in [0.2, 0.25) is 11.6 Å². The molecule has 2 rings (SSSR count). The molecule has 0 aliphatic heterocycles. The first-order valence-electron chi connectivity index (χ1n) is 7.08. The number of halogens is 1. The minimum absolute atomic E-state index is 0.0834. The van der Waals surface area contributed by atoms with Crippen molar-refractivity contribution in [1.29, 1.82) is 0 Å². The van der Waals surface area contributed by atoms with Crippen LogP contribution in [0.2, 0.25) is 5.02 Å². The standard InChI is InChI=1S/C14H15ClN6O3/c1-2-7-16-12-11(21(23)24)13(18-8-17-12)19-20-14(22)9-3-5-10(15)6-4-9/h3-6,8H,2,7H2,1H3,(H,20,22)(H2,16,17,18,19). The zero-order chi connectivity index (χ0) is 17.5. The summed E-state index contributed by atoms with van der Waals surface area (Å²) in [6.07, 6.45) is 1.94. The Morgan fingerprint density at radius 2 is 1.92 bits per heavy atom. The SMILES string of the molecule is CCCNc1ncnc(NNC(=O)c2ccc(Cl)cc2)c1[N+](=O)[O-]. The Labute approximate surface area is 142 Å². The normalized spacial score (nSPS) is 10.1. The van der Waals surface area contributed by atoms with Crippen molar-refractivity contribution in [3.05, 3.63) is 51.3 Å². The molecule has 0 fully saturated rings. The number of carbonyl (C=O) groups is 1. The van der Waals surface area contributed by atoms with Crippen molar-refractivity contribution in [3.8, 4) is 0 Å². The zero-order valence-electron chi connectivity index (χ0n) is 12.7. The second-order valence-electron chi connectivity index (χ2n) is 4.69. The van der Waals surface area contributed by atoms with Crippen LogP contribution in [0.3, 0.4) is 0 Å². The van der Waals surface area contributed by atoms with Gasteiger partial charge in [-0.05, 0) is 30.7 Å². The fourth-order valence-corrected chi connectivity index (χ4v) is 1.93. The van der Waals surface area contributed by atoms with Gasteiger partial charge in [-0.3, -0.25) is 25.8 Å². The number of amides is 1. The summed E-state index contributed by atoms with van der Waals surface area (Å²) in [4.78, 5) is 30.4. The second kappa shape index (κ2) is 8.06. The number of hydrazine groups is 1. The van der Waals surface area contributed by atoms with E-state index in [2.05, 4.69) is 26.1 Å². The topological polar surface area (TPSA) is 122 Å². The summed E-state index contributed by atoms with van der Waals surface area (Å²) in [5.74, 6) is -0.515. The molecule has 0 saturated carbocycles. The van der Waals surface area contributed by atoms with Crippen LogP contribution >= 0.6 is 11.6 Å². The van der Waals surface area contributed by atoms with Gasteiger partial charge in [0.05, 0.1) is 4.92 Å². The largest absolute Gasteiger partial charge is 0.364 e. The number of nitrogens with one attached hydrogen (secondary N) is 3. The van der Waals surface area contributed by atoms with E-state index in [9.17, 15) is 14.9 Å².